The number of pyridine rings is 1. The quantitative estimate of drug-likeness (QED) is 0.419. The van der Waals surface area contributed by atoms with Crippen LogP contribution in [0.25, 0.3) is 11.3 Å². The number of hydrogen-bond donors (Lipinski definition) is 1. The molecule has 0 radical (unpaired) electrons. The van der Waals surface area contributed by atoms with Gasteiger partial charge in [0.2, 0.25) is 5.91 Å². The molecule has 1 atom stereocenters. The number of nitrogens with one attached hydrogen (secondary N) is 1. The number of carbonyl (C=O) groups is 2. The molecule has 2 aromatic carbocycles. The van der Waals surface area contributed by atoms with Gasteiger partial charge in [-0.1, -0.05) is 19.9 Å². The summed E-state index contributed by atoms with van der Waals surface area (Å²) in [6.45, 7) is 4.10. The van der Waals surface area contributed by atoms with Crippen molar-refractivity contribution < 1.29 is 18.7 Å². The Morgan fingerprint density at radius 2 is 1.65 bits per heavy atom. The monoisotopic (exact) mass is 460 g/mol. The normalized spacial score (nSPS) is 14.0. The third-order valence-corrected chi connectivity index (χ3v) is 5.72. The Labute approximate surface area is 199 Å². The van der Waals surface area contributed by atoms with Crippen molar-refractivity contribution in [3.8, 4) is 22.8 Å². The molecule has 34 heavy (non-hydrogen) atoms. The summed E-state index contributed by atoms with van der Waals surface area (Å²) < 4.78 is 18.8. The van der Waals surface area contributed by atoms with Crippen LogP contribution in [-0.2, 0) is 16.0 Å². The molecule has 0 unspecified atom stereocenters. The predicted molar refractivity (Wildman–Crippen MR) is 129 cm³/mol. The van der Waals surface area contributed by atoms with Gasteiger partial charge in [-0.2, -0.15) is 0 Å². The first-order valence-electron chi connectivity index (χ1n) is 11.7. The van der Waals surface area contributed by atoms with Crippen molar-refractivity contribution in [1.82, 2.24) is 10.3 Å². The minimum Gasteiger partial charge on any atom is -0.457 e. The van der Waals surface area contributed by atoms with E-state index in [9.17, 15) is 14.0 Å². The summed E-state index contributed by atoms with van der Waals surface area (Å²) in [5.74, 6) is 1.21. The number of hydrogen-bond acceptors (Lipinski definition) is 4. The summed E-state index contributed by atoms with van der Waals surface area (Å²) in [6.07, 6.45) is 2.60. The number of ketones is 1. The molecule has 0 aliphatic heterocycles. The summed E-state index contributed by atoms with van der Waals surface area (Å²) in [6, 6.07) is 18.4. The maximum atomic E-state index is 13.1. The number of rotatable bonds is 10. The zero-order valence-electron chi connectivity index (χ0n) is 19.5. The van der Waals surface area contributed by atoms with Crippen molar-refractivity contribution >= 4 is 11.7 Å². The van der Waals surface area contributed by atoms with Gasteiger partial charge in [0.25, 0.3) is 0 Å². The third kappa shape index (κ3) is 6.50. The van der Waals surface area contributed by atoms with Crippen LogP contribution in [0.15, 0.2) is 66.7 Å². The van der Waals surface area contributed by atoms with Crippen LogP contribution in [-0.4, -0.2) is 22.7 Å². The second-order valence-corrected chi connectivity index (χ2v) is 9.20. The number of aromatic nitrogens is 1. The van der Waals surface area contributed by atoms with E-state index in [0.717, 1.165) is 24.1 Å². The van der Waals surface area contributed by atoms with Crippen molar-refractivity contribution in [3.05, 3.63) is 78.2 Å². The van der Waals surface area contributed by atoms with Crippen LogP contribution in [0.1, 0.15) is 38.8 Å². The average Bonchev–Trinajstić information content (AvgIpc) is 3.66. The Kier molecular flexibility index (Phi) is 7.36. The number of carbonyl (C=O) groups excluding carboxylic acids is 2. The highest BCUT2D eigenvalue weighted by Gasteiger charge is 2.32. The van der Waals surface area contributed by atoms with Crippen molar-refractivity contribution in [3.63, 3.8) is 0 Å². The van der Waals surface area contributed by atoms with Crippen LogP contribution < -0.4 is 10.1 Å². The molecule has 1 amide bonds. The second kappa shape index (κ2) is 10.6. The first kappa shape index (κ1) is 23.6. The topological polar surface area (TPSA) is 68.3 Å². The van der Waals surface area contributed by atoms with Crippen LogP contribution >= 0.6 is 0 Å². The van der Waals surface area contributed by atoms with Gasteiger partial charge in [0.05, 0.1) is 18.2 Å². The predicted octanol–water partition coefficient (Wildman–Crippen LogP) is 5.73. The van der Waals surface area contributed by atoms with E-state index in [0.29, 0.717) is 29.5 Å². The molecule has 1 fully saturated rings. The third-order valence-electron chi connectivity index (χ3n) is 5.72. The molecule has 1 saturated carbocycles. The van der Waals surface area contributed by atoms with Crippen LogP contribution in [0, 0.1) is 17.7 Å². The molecule has 3 aromatic rings. The van der Waals surface area contributed by atoms with E-state index < -0.39 is 6.04 Å². The van der Waals surface area contributed by atoms with E-state index in [1.807, 2.05) is 56.3 Å². The fourth-order valence-electron chi connectivity index (χ4n) is 3.75. The molecule has 4 rings (SSSR count). The Morgan fingerprint density at radius 1 is 1.00 bits per heavy atom. The van der Waals surface area contributed by atoms with E-state index in [2.05, 4.69) is 10.3 Å². The first-order chi connectivity index (χ1) is 16.4. The van der Waals surface area contributed by atoms with Gasteiger partial charge in [0.15, 0.2) is 5.78 Å². The molecule has 6 heteroatoms. The van der Waals surface area contributed by atoms with Crippen LogP contribution in [0.2, 0.25) is 0 Å². The summed E-state index contributed by atoms with van der Waals surface area (Å²) in [5.41, 5.74) is 2.31. The smallest absolute Gasteiger partial charge is 0.223 e. The summed E-state index contributed by atoms with van der Waals surface area (Å²) in [4.78, 5) is 29.9. The molecule has 5 nitrogen and oxygen atoms in total. The number of halogens is 1. The second-order valence-electron chi connectivity index (χ2n) is 9.20. The number of amides is 1. The van der Waals surface area contributed by atoms with Crippen LogP contribution in [0.3, 0.4) is 0 Å². The zero-order valence-corrected chi connectivity index (χ0v) is 19.5. The molecule has 1 aromatic heterocycles. The van der Waals surface area contributed by atoms with E-state index in [-0.39, 0.29) is 29.8 Å². The minimum absolute atomic E-state index is 0.0105. The molecule has 0 spiro atoms. The lowest BCUT2D eigenvalue weighted by molar-refractivity contribution is -0.128. The van der Waals surface area contributed by atoms with Gasteiger partial charge in [-0.15, -0.1) is 0 Å². The van der Waals surface area contributed by atoms with Crippen molar-refractivity contribution in [2.45, 2.75) is 45.6 Å². The molecule has 0 saturated heterocycles. The summed E-state index contributed by atoms with van der Waals surface area (Å²) in [7, 11) is 0. The molecule has 176 valence electrons. The van der Waals surface area contributed by atoms with E-state index >= 15 is 0 Å². The van der Waals surface area contributed by atoms with Gasteiger partial charge in [-0.3, -0.25) is 14.6 Å². The Bertz CT molecular complexity index is 1140. The van der Waals surface area contributed by atoms with Gasteiger partial charge < -0.3 is 10.1 Å². The molecule has 1 aliphatic rings. The molecule has 1 N–H and O–H groups in total. The van der Waals surface area contributed by atoms with Gasteiger partial charge in [0, 0.05) is 17.2 Å². The number of ether oxygens (including phenoxy) is 1. The Balaban J connectivity index is 1.42. The standard InChI is InChI=1S/C28H29FN2O3/c1-18(2)16-26(31-28(33)20-6-7-20)27(32)17-22-4-3-5-25(30-22)19-8-12-23(13-9-19)34-24-14-10-21(29)11-15-24/h3-5,8-15,18,20,26H,6-7,16-17H2,1-2H3,(H,31,33)/t26-/m0/s1. The number of Topliss-reactive ketones (excluding diaryl/α,β-unsaturated/α-hetero) is 1. The van der Waals surface area contributed by atoms with Crippen molar-refractivity contribution in [1.29, 1.82) is 0 Å². The Morgan fingerprint density at radius 3 is 2.26 bits per heavy atom. The fraction of sp³-hybridized carbons (Fsp3) is 0.321. The van der Waals surface area contributed by atoms with Crippen LogP contribution in [0.4, 0.5) is 4.39 Å². The zero-order chi connectivity index (χ0) is 24.1. The summed E-state index contributed by atoms with van der Waals surface area (Å²) in [5, 5.41) is 2.95. The lowest BCUT2D eigenvalue weighted by atomic mass is 9.97. The highest BCUT2D eigenvalue weighted by Crippen LogP contribution is 2.29. The highest BCUT2D eigenvalue weighted by atomic mass is 19.1. The lowest BCUT2D eigenvalue weighted by Crippen LogP contribution is -2.43. The maximum absolute atomic E-state index is 13.1. The molecule has 0 bridgehead atoms. The number of benzene rings is 2. The summed E-state index contributed by atoms with van der Waals surface area (Å²) >= 11 is 0. The van der Waals surface area contributed by atoms with E-state index in [4.69, 9.17) is 4.74 Å². The van der Waals surface area contributed by atoms with Gasteiger partial charge in [-0.25, -0.2) is 4.39 Å². The lowest BCUT2D eigenvalue weighted by Gasteiger charge is -2.19. The van der Waals surface area contributed by atoms with E-state index in [1.165, 1.54) is 12.1 Å². The van der Waals surface area contributed by atoms with Crippen molar-refractivity contribution in [2.24, 2.45) is 11.8 Å². The fourth-order valence-corrected chi connectivity index (χ4v) is 3.75. The minimum atomic E-state index is -0.485. The average molecular weight is 461 g/mol. The number of nitrogens with zero attached hydrogens (tertiary/aromatic N) is 1. The first-order valence-corrected chi connectivity index (χ1v) is 11.7. The van der Waals surface area contributed by atoms with Crippen molar-refractivity contribution in [2.75, 3.05) is 0 Å². The van der Waals surface area contributed by atoms with Gasteiger partial charge in [0.1, 0.15) is 17.3 Å². The van der Waals surface area contributed by atoms with Crippen LogP contribution in [0.5, 0.6) is 11.5 Å². The largest absolute Gasteiger partial charge is 0.457 e. The molecule has 1 aliphatic carbocycles. The maximum Gasteiger partial charge on any atom is 0.223 e. The van der Waals surface area contributed by atoms with E-state index in [1.54, 1.807) is 12.1 Å². The van der Waals surface area contributed by atoms with Gasteiger partial charge >= 0.3 is 0 Å². The SMILES string of the molecule is CC(C)C[C@H](NC(=O)C1CC1)C(=O)Cc1cccc(-c2ccc(Oc3ccc(F)cc3)cc2)n1. The Hall–Kier alpha value is -3.54. The highest BCUT2D eigenvalue weighted by molar-refractivity contribution is 5.91. The molecular formula is C28H29FN2O3. The van der Waals surface area contributed by atoms with Gasteiger partial charge in [-0.05, 0) is 85.8 Å². The molecular weight excluding hydrogens is 431 g/mol. The molecule has 1 heterocycles.